The molecule has 0 aromatic heterocycles. The third-order valence-electron chi connectivity index (χ3n) is 4.77. The summed E-state index contributed by atoms with van der Waals surface area (Å²) in [6, 6.07) is 14.4. The number of piperazine rings is 1. The molecule has 3 rings (SSSR count). The number of halogens is 1. The molecule has 1 aliphatic heterocycles. The first kappa shape index (κ1) is 20.5. The second-order valence-electron chi connectivity index (χ2n) is 6.80. The van der Waals surface area contributed by atoms with E-state index in [-0.39, 0.29) is 31.7 Å². The van der Waals surface area contributed by atoms with E-state index in [1.165, 1.54) is 23.1 Å². The molecule has 1 fully saturated rings. The van der Waals surface area contributed by atoms with Crippen LogP contribution in [0.2, 0.25) is 0 Å². The summed E-state index contributed by atoms with van der Waals surface area (Å²) in [6.07, 6.45) is 1.16. The van der Waals surface area contributed by atoms with Gasteiger partial charge in [-0.15, -0.1) is 0 Å². The molecule has 1 heterocycles. The normalized spacial score (nSPS) is 16.2. The van der Waals surface area contributed by atoms with Crippen molar-refractivity contribution in [2.45, 2.75) is 25.3 Å². The number of amides is 2. The number of esters is 1. The van der Waals surface area contributed by atoms with Gasteiger partial charge in [-0.2, -0.15) is 0 Å². The molecule has 1 unspecified atom stereocenters. The highest BCUT2D eigenvalue weighted by molar-refractivity contribution is 5.99. The largest absolute Gasteiger partial charge is 0.466 e. The quantitative estimate of drug-likeness (QED) is 0.574. The van der Waals surface area contributed by atoms with E-state index in [9.17, 15) is 18.8 Å². The van der Waals surface area contributed by atoms with Crippen LogP contribution in [0.15, 0.2) is 54.6 Å². The monoisotopic (exact) mass is 398 g/mol. The van der Waals surface area contributed by atoms with Crippen LogP contribution in [-0.4, -0.2) is 48.4 Å². The first-order chi connectivity index (χ1) is 14.1. The molecule has 7 heteroatoms. The molecule has 1 saturated heterocycles. The molecule has 2 aromatic rings. The summed E-state index contributed by atoms with van der Waals surface area (Å²) < 4.78 is 19.2. The first-order valence-corrected chi connectivity index (χ1v) is 9.59. The molecule has 0 aliphatic carbocycles. The molecule has 0 spiro atoms. The van der Waals surface area contributed by atoms with Crippen molar-refractivity contribution < 1.29 is 23.5 Å². The van der Waals surface area contributed by atoms with Crippen molar-refractivity contribution in [3.63, 3.8) is 0 Å². The van der Waals surface area contributed by atoms with Gasteiger partial charge in [0.05, 0.1) is 18.6 Å². The molecule has 2 amide bonds. The smallest absolute Gasteiger partial charge is 0.308 e. The number of nitrogens with zero attached hydrogens (tertiary/aromatic N) is 1. The number of benzene rings is 2. The average molecular weight is 398 g/mol. The Labute approximate surface area is 168 Å². The Kier molecular flexibility index (Phi) is 6.94. The number of carbonyl (C=O) groups is 3. The highest BCUT2D eigenvalue weighted by Crippen LogP contribution is 2.17. The number of hydrogen-bond acceptors (Lipinski definition) is 4. The maximum absolute atomic E-state index is 14.0. The lowest BCUT2D eigenvalue weighted by atomic mass is 10.1. The molecular weight excluding hydrogens is 375 g/mol. The van der Waals surface area contributed by atoms with Gasteiger partial charge >= 0.3 is 5.97 Å². The van der Waals surface area contributed by atoms with Gasteiger partial charge in [-0.3, -0.25) is 14.4 Å². The SMILES string of the molecule is O=C(CC1C(=O)NCCN1C(=O)c1ccccc1F)OCCCc1ccccc1. The van der Waals surface area contributed by atoms with Crippen molar-refractivity contribution in [1.82, 2.24) is 10.2 Å². The zero-order chi connectivity index (χ0) is 20.6. The summed E-state index contributed by atoms with van der Waals surface area (Å²) in [5.74, 6) is -2.28. The van der Waals surface area contributed by atoms with Gasteiger partial charge in [0.1, 0.15) is 11.9 Å². The number of nitrogens with one attached hydrogen (secondary N) is 1. The lowest BCUT2D eigenvalue weighted by Crippen LogP contribution is -2.58. The lowest BCUT2D eigenvalue weighted by molar-refractivity contribution is -0.147. The van der Waals surface area contributed by atoms with Crippen molar-refractivity contribution in [2.24, 2.45) is 0 Å². The van der Waals surface area contributed by atoms with E-state index in [1.54, 1.807) is 6.07 Å². The zero-order valence-corrected chi connectivity index (χ0v) is 16.0. The summed E-state index contributed by atoms with van der Waals surface area (Å²) in [7, 11) is 0. The number of hydrogen-bond donors (Lipinski definition) is 1. The van der Waals surface area contributed by atoms with E-state index in [2.05, 4.69) is 5.32 Å². The van der Waals surface area contributed by atoms with E-state index in [0.717, 1.165) is 12.0 Å². The van der Waals surface area contributed by atoms with Gasteiger partial charge in [0.25, 0.3) is 5.91 Å². The van der Waals surface area contributed by atoms with Crippen molar-refractivity contribution in [3.05, 3.63) is 71.5 Å². The van der Waals surface area contributed by atoms with Gasteiger partial charge in [0.2, 0.25) is 5.91 Å². The summed E-state index contributed by atoms with van der Waals surface area (Å²) in [5, 5.41) is 2.64. The summed E-state index contributed by atoms with van der Waals surface area (Å²) in [6.45, 7) is 0.676. The first-order valence-electron chi connectivity index (χ1n) is 9.59. The van der Waals surface area contributed by atoms with Crippen LogP contribution in [0.4, 0.5) is 4.39 Å². The third kappa shape index (κ3) is 5.40. The van der Waals surface area contributed by atoms with E-state index >= 15 is 0 Å². The average Bonchev–Trinajstić information content (AvgIpc) is 2.73. The van der Waals surface area contributed by atoms with Gasteiger partial charge < -0.3 is 15.0 Å². The second-order valence-corrected chi connectivity index (χ2v) is 6.80. The number of ether oxygens (including phenoxy) is 1. The van der Waals surface area contributed by atoms with Crippen molar-refractivity contribution >= 4 is 17.8 Å². The molecule has 0 bridgehead atoms. The lowest BCUT2D eigenvalue weighted by Gasteiger charge is -2.34. The Morgan fingerprint density at radius 3 is 2.59 bits per heavy atom. The van der Waals surface area contributed by atoms with Crippen LogP contribution < -0.4 is 5.32 Å². The summed E-state index contributed by atoms with van der Waals surface area (Å²) in [4.78, 5) is 38.5. The fourth-order valence-corrected chi connectivity index (χ4v) is 3.27. The van der Waals surface area contributed by atoms with Gasteiger partial charge in [0, 0.05) is 13.1 Å². The van der Waals surface area contributed by atoms with Crippen LogP contribution in [0.3, 0.4) is 0 Å². The molecule has 6 nitrogen and oxygen atoms in total. The highest BCUT2D eigenvalue weighted by Gasteiger charge is 2.36. The molecule has 29 heavy (non-hydrogen) atoms. The van der Waals surface area contributed by atoms with Crippen molar-refractivity contribution in [1.29, 1.82) is 0 Å². The van der Waals surface area contributed by atoms with Gasteiger partial charge in [-0.05, 0) is 30.5 Å². The minimum atomic E-state index is -1.02. The van der Waals surface area contributed by atoms with Crippen LogP contribution in [0.1, 0.15) is 28.8 Å². The molecule has 1 aliphatic rings. The van der Waals surface area contributed by atoms with E-state index in [0.29, 0.717) is 6.42 Å². The minimum absolute atomic E-state index is 0.122. The number of carbonyl (C=O) groups excluding carboxylic acids is 3. The fraction of sp³-hybridized carbons (Fsp3) is 0.318. The van der Waals surface area contributed by atoms with Crippen molar-refractivity contribution in [2.75, 3.05) is 19.7 Å². The molecule has 152 valence electrons. The van der Waals surface area contributed by atoms with Crippen LogP contribution >= 0.6 is 0 Å². The Balaban J connectivity index is 1.56. The standard InChI is InChI=1S/C22H23FN2O4/c23-18-11-5-4-10-17(18)22(28)25-13-12-24-21(27)19(25)15-20(26)29-14-6-9-16-7-2-1-3-8-16/h1-5,7-8,10-11,19H,6,9,12-15H2,(H,24,27). The molecule has 0 radical (unpaired) electrons. The highest BCUT2D eigenvalue weighted by atomic mass is 19.1. The maximum Gasteiger partial charge on any atom is 0.308 e. The van der Waals surface area contributed by atoms with Gasteiger partial charge in [-0.1, -0.05) is 42.5 Å². The third-order valence-corrected chi connectivity index (χ3v) is 4.77. The number of rotatable bonds is 7. The Hall–Kier alpha value is -3.22. The molecule has 0 saturated carbocycles. The zero-order valence-electron chi connectivity index (χ0n) is 16.0. The molecule has 2 aromatic carbocycles. The van der Waals surface area contributed by atoms with Gasteiger partial charge in [-0.25, -0.2) is 4.39 Å². The summed E-state index contributed by atoms with van der Waals surface area (Å²) >= 11 is 0. The van der Waals surface area contributed by atoms with E-state index in [1.807, 2.05) is 30.3 Å². The van der Waals surface area contributed by atoms with Crippen LogP contribution in [0.5, 0.6) is 0 Å². The van der Waals surface area contributed by atoms with Crippen LogP contribution in [0.25, 0.3) is 0 Å². The Morgan fingerprint density at radius 1 is 1.10 bits per heavy atom. The topological polar surface area (TPSA) is 75.7 Å². The van der Waals surface area contributed by atoms with E-state index < -0.39 is 29.6 Å². The fourth-order valence-electron chi connectivity index (χ4n) is 3.27. The van der Waals surface area contributed by atoms with Crippen molar-refractivity contribution in [3.8, 4) is 0 Å². The molecule has 1 atom stereocenters. The Morgan fingerprint density at radius 2 is 1.83 bits per heavy atom. The van der Waals surface area contributed by atoms with Crippen LogP contribution in [-0.2, 0) is 20.7 Å². The number of aryl methyl sites for hydroxylation is 1. The molecule has 1 N–H and O–H groups in total. The predicted octanol–water partition coefficient (Wildman–Crippen LogP) is 2.33. The Bertz CT molecular complexity index is 872. The van der Waals surface area contributed by atoms with Crippen LogP contribution in [0, 0.1) is 5.82 Å². The molecular formula is C22H23FN2O4. The van der Waals surface area contributed by atoms with Gasteiger partial charge in [0.15, 0.2) is 0 Å². The predicted molar refractivity (Wildman–Crippen MR) is 105 cm³/mol. The minimum Gasteiger partial charge on any atom is -0.466 e. The summed E-state index contributed by atoms with van der Waals surface area (Å²) in [5.41, 5.74) is 1.03. The van der Waals surface area contributed by atoms with E-state index in [4.69, 9.17) is 4.74 Å². The second kappa shape index (κ2) is 9.82. The maximum atomic E-state index is 14.0.